The molecule has 1 rings (SSSR count). The molecule has 1 fully saturated rings. The van der Waals surface area contributed by atoms with Crippen LogP contribution >= 0.6 is 11.8 Å². The third kappa shape index (κ3) is 0.744. The van der Waals surface area contributed by atoms with E-state index in [0.29, 0.717) is 0 Å². The van der Waals surface area contributed by atoms with Crippen LogP contribution in [0.5, 0.6) is 0 Å². The second kappa shape index (κ2) is 1.65. The first-order chi connectivity index (χ1) is 2.89. The van der Waals surface area contributed by atoms with Crippen LogP contribution in [0.2, 0.25) is 0 Å². The van der Waals surface area contributed by atoms with Crippen molar-refractivity contribution >= 4 is 16.9 Å². The molecule has 0 aliphatic carbocycles. The molecule has 33 valence electrons. The monoisotopic (exact) mass is 101 g/mol. The molecule has 1 aliphatic rings. The smallest absolute Gasteiger partial charge is 0.192 e. The van der Waals surface area contributed by atoms with Crippen LogP contribution in [0.25, 0.3) is 0 Å². The summed E-state index contributed by atoms with van der Waals surface area (Å²) in [7, 11) is 0. The molecule has 0 atom stereocenters. The van der Waals surface area contributed by atoms with Crippen molar-refractivity contribution in [2.75, 3.05) is 5.75 Å². The summed E-state index contributed by atoms with van der Waals surface area (Å²) in [6.45, 7) is 0. The minimum atomic E-state index is 0.245. The summed E-state index contributed by atoms with van der Waals surface area (Å²) in [5.74, 6) is 0.999. The maximum Gasteiger partial charge on any atom is 0.192 e. The molecule has 0 aromatic heterocycles. The molecule has 0 unspecified atom stereocenters. The summed E-state index contributed by atoms with van der Waals surface area (Å²) >= 11 is 1.40. The third-order valence-electron chi connectivity index (χ3n) is 0.673. The highest BCUT2D eigenvalue weighted by Gasteiger charge is 2.08. The van der Waals surface area contributed by atoms with Crippen LogP contribution in [0.4, 0.5) is 0 Å². The molecule has 6 heavy (non-hydrogen) atoms. The molecule has 2 heteroatoms. The first kappa shape index (κ1) is 4.19. The van der Waals surface area contributed by atoms with Crippen molar-refractivity contribution in [3.63, 3.8) is 0 Å². The van der Waals surface area contributed by atoms with Crippen molar-refractivity contribution in [3.05, 3.63) is 6.42 Å². The number of carbonyl (C=O) groups excluding carboxylic acids is 1. The summed E-state index contributed by atoms with van der Waals surface area (Å²) in [6.07, 6.45) is 2.70. The summed E-state index contributed by atoms with van der Waals surface area (Å²) in [6, 6.07) is 0. The van der Waals surface area contributed by atoms with Gasteiger partial charge in [-0.2, -0.15) is 0 Å². The highest BCUT2D eigenvalue weighted by molar-refractivity contribution is 8.14. The number of thioether (sulfide) groups is 1. The minimum absolute atomic E-state index is 0.245. The third-order valence-corrected chi connectivity index (χ3v) is 1.56. The van der Waals surface area contributed by atoms with E-state index >= 15 is 0 Å². The van der Waals surface area contributed by atoms with Gasteiger partial charge in [0.25, 0.3) is 0 Å². The van der Waals surface area contributed by atoms with Crippen molar-refractivity contribution in [1.29, 1.82) is 0 Å². The van der Waals surface area contributed by atoms with Crippen molar-refractivity contribution in [3.8, 4) is 0 Å². The lowest BCUT2D eigenvalue weighted by molar-refractivity contribution is -0.107. The molecule has 0 aromatic carbocycles. The normalized spacial score (nSPS) is 22.3. The average Bonchev–Trinajstić information content (AvgIpc) is 1.86. The SMILES string of the molecule is O=C1[CH]CCS1. The van der Waals surface area contributed by atoms with Crippen LogP contribution in [-0.4, -0.2) is 10.9 Å². The number of hydrogen-bond acceptors (Lipinski definition) is 2. The first-order valence-electron chi connectivity index (χ1n) is 1.89. The van der Waals surface area contributed by atoms with E-state index in [9.17, 15) is 4.79 Å². The second-order valence-electron chi connectivity index (χ2n) is 1.16. The lowest BCUT2D eigenvalue weighted by atomic mass is 10.4. The maximum absolute atomic E-state index is 10.2. The molecule has 1 aliphatic heterocycles. The Morgan fingerprint density at radius 2 is 2.67 bits per heavy atom. The molecule has 0 spiro atoms. The fraction of sp³-hybridized carbons (Fsp3) is 0.500. The van der Waals surface area contributed by atoms with Gasteiger partial charge in [0.1, 0.15) is 0 Å². The minimum Gasteiger partial charge on any atom is -0.287 e. The first-order valence-corrected chi connectivity index (χ1v) is 2.88. The molecule has 1 heterocycles. The van der Waals surface area contributed by atoms with Crippen LogP contribution in [-0.2, 0) is 4.79 Å². The Morgan fingerprint density at radius 3 is 2.83 bits per heavy atom. The highest BCUT2D eigenvalue weighted by Crippen LogP contribution is 2.16. The van der Waals surface area contributed by atoms with Gasteiger partial charge in [-0.05, 0) is 6.42 Å². The Labute approximate surface area is 41.1 Å². The van der Waals surface area contributed by atoms with Gasteiger partial charge in [0.05, 0.1) is 0 Å². The largest absolute Gasteiger partial charge is 0.287 e. The molecular weight excluding hydrogens is 96.1 g/mol. The molecule has 0 amide bonds. The van der Waals surface area contributed by atoms with Gasteiger partial charge in [-0.3, -0.25) is 4.79 Å². The fourth-order valence-electron chi connectivity index (χ4n) is 0.395. The van der Waals surface area contributed by atoms with E-state index < -0.39 is 0 Å². The fourth-order valence-corrected chi connectivity index (χ4v) is 1.07. The predicted molar refractivity (Wildman–Crippen MR) is 26.4 cm³/mol. The van der Waals surface area contributed by atoms with Crippen LogP contribution in [0, 0.1) is 6.42 Å². The topological polar surface area (TPSA) is 17.1 Å². The van der Waals surface area contributed by atoms with Gasteiger partial charge >= 0.3 is 0 Å². The van der Waals surface area contributed by atoms with E-state index in [0.717, 1.165) is 12.2 Å². The van der Waals surface area contributed by atoms with Crippen LogP contribution in [0.3, 0.4) is 0 Å². The Kier molecular flexibility index (Phi) is 1.15. The lowest BCUT2D eigenvalue weighted by Gasteiger charge is -1.70. The quantitative estimate of drug-likeness (QED) is 0.450. The lowest BCUT2D eigenvalue weighted by Crippen LogP contribution is -1.76. The van der Waals surface area contributed by atoms with Gasteiger partial charge in [0.2, 0.25) is 0 Å². The molecule has 1 nitrogen and oxygen atoms in total. The molecule has 0 bridgehead atoms. The predicted octanol–water partition coefficient (Wildman–Crippen LogP) is 0.854. The Morgan fingerprint density at radius 1 is 1.83 bits per heavy atom. The second-order valence-corrected chi connectivity index (χ2v) is 2.26. The molecule has 0 saturated carbocycles. The van der Waals surface area contributed by atoms with Gasteiger partial charge in [-0.15, -0.1) is 0 Å². The molecule has 1 saturated heterocycles. The summed E-state index contributed by atoms with van der Waals surface area (Å²) < 4.78 is 0. The number of rotatable bonds is 0. The molecular formula is C4H5OS. The van der Waals surface area contributed by atoms with Gasteiger partial charge in [0.15, 0.2) is 5.12 Å². The van der Waals surface area contributed by atoms with E-state index in [-0.39, 0.29) is 5.12 Å². The van der Waals surface area contributed by atoms with Gasteiger partial charge in [0, 0.05) is 12.2 Å². The van der Waals surface area contributed by atoms with Crippen LogP contribution in [0.1, 0.15) is 6.42 Å². The van der Waals surface area contributed by atoms with Crippen LogP contribution in [0.15, 0.2) is 0 Å². The standard InChI is InChI=1S/C4H5OS/c5-4-2-1-3-6-4/h2H,1,3H2. The summed E-state index contributed by atoms with van der Waals surface area (Å²) in [5.41, 5.74) is 0. The van der Waals surface area contributed by atoms with Crippen molar-refractivity contribution in [2.24, 2.45) is 0 Å². The van der Waals surface area contributed by atoms with Gasteiger partial charge < -0.3 is 0 Å². The van der Waals surface area contributed by atoms with Gasteiger partial charge in [-0.1, -0.05) is 11.8 Å². The van der Waals surface area contributed by atoms with E-state index in [1.54, 1.807) is 6.42 Å². The van der Waals surface area contributed by atoms with Crippen LogP contribution < -0.4 is 0 Å². The van der Waals surface area contributed by atoms with Gasteiger partial charge in [-0.25, -0.2) is 0 Å². The van der Waals surface area contributed by atoms with E-state index in [4.69, 9.17) is 0 Å². The molecule has 0 N–H and O–H groups in total. The summed E-state index contributed by atoms with van der Waals surface area (Å²) in [5, 5.41) is 0.245. The van der Waals surface area contributed by atoms with E-state index in [1.807, 2.05) is 0 Å². The number of carbonyl (C=O) groups is 1. The Balaban J connectivity index is 2.37. The summed E-state index contributed by atoms with van der Waals surface area (Å²) in [4.78, 5) is 10.2. The average molecular weight is 101 g/mol. The van der Waals surface area contributed by atoms with Crippen molar-refractivity contribution in [1.82, 2.24) is 0 Å². The zero-order valence-electron chi connectivity index (χ0n) is 3.31. The zero-order chi connectivity index (χ0) is 4.41. The molecule has 1 radical (unpaired) electrons. The Hall–Kier alpha value is 0.0200. The van der Waals surface area contributed by atoms with Crippen molar-refractivity contribution < 1.29 is 4.79 Å². The Bertz CT molecular complexity index is 61.9. The van der Waals surface area contributed by atoms with E-state index in [1.165, 1.54) is 11.8 Å². The number of hydrogen-bond donors (Lipinski definition) is 0. The highest BCUT2D eigenvalue weighted by atomic mass is 32.2. The van der Waals surface area contributed by atoms with Crippen molar-refractivity contribution in [2.45, 2.75) is 6.42 Å². The zero-order valence-corrected chi connectivity index (χ0v) is 4.12. The maximum atomic E-state index is 10.2. The van der Waals surface area contributed by atoms with E-state index in [2.05, 4.69) is 0 Å². The molecule has 0 aromatic rings.